The normalized spacial score (nSPS) is 27.5. The molecule has 3 unspecified atom stereocenters. The topological polar surface area (TPSA) is 108 Å². The Kier molecular flexibility index (Phi) is 6.37. The van der Waals surface area contributed by atoms with Crippen LogP contribution in [-0.4, -0.2) is 87.6 Å². The molecule has 3 atom stereocenters. The van der Waals surface area contributed by atoms with Gasteiger partial charge in [-0.3, -0.25) is 14.5 Å². The minimum absolute atomic E-state index is 0.0175. The largest absolute Gasteiger partial charge is 0.378 e. The summed E-state index contributed by atoms with van der Waals surface area (Å²) in [6.45, 7) is 3.32. The Bertz CT molecular complexity index is 872. The van der Waals surface area contributed by atoms with Crippen LogP contribution in [0.4, 0.5) is 0 Å². The fourth-order valence-corrected chi connectivity index (χ4v) is 5.74. The van der Waals surface area contributed by atoms with Crippen molar-refractivity contribution in [2.75, 3.05) is 39.4 Å². The summed E-state index contributed by atoms with van der Waals surface area (Å²) < 4.78 is 33.4. The smallest absolute Gasteiger partial charge is 0.240 e. The van der Waals surface area contributed by atoms with Crippen LogP contribution in [0.5, 0.6) is 0 Å². The van der Waals surface area contributed by atoms with Crippen molar-refractivity contribution in [2.45, 2.75) is 42.3 Å². The summed E-state index contributed by atoms with van der Waals surface area (Å²) in [5, 5.41) is 2.92. The van der Waals surface area contributed by atoms with E-state index in [-0.39, 0.29) is 34.8 Å². The average Bonchev–Trinajstić information content (AvgIpc) is 3.18. The van der Waals surface area contributed by atoms with Gasteiger partial charge in [0.25, 0.3) is 0 Å². The molecule has 3 heterocycles. The van der Waals surface area contributed by atoms with Crippen molar-refractivity contribution in [1.29, 1.82) is 0 Å². The summed E-state index contributed by atoms with van der Waals surface area (Å²) in [6, 6.07) is 7.54. The van der Waals surface area contributed by atoms with Gasteiger partial charge in [-0.2, -0.15) is 0 Å². The van der Waals surface area contributed by atoms with E-state index in [9.17, 15) is 18.0 Å². The van der Waals surface area contributed by atoms with E-state index in [1.54, 1.807) is 30.3 Å². The number of carbonyl (C=O) groups is 2. The van der Waals surface area contributed by atoms with Gasteiger partial charge >= 0.3 is 0 Å². The van der Waals surface area contributed by atoms with Crippen molar-refractivity contribution in [3.05, 3.63) is 30.3 Å². The number of nitrogens with zero attached hydrogens (tertiary/aromatic N) is 2. The second-order valence-corrected chi connectivity index (χ2v) is 9.72. The molecule has 4 rings (SSSR count). The Balaban J connectivity index is 1.37. The molecule has 0 bridgehead atoms. The van der Waals surface area contributed by atoms with Gasteiger partial charge in [-0.25, -0.2) is 13.1 Å². The molecule has 1 aromatic rings. The van der Waals surface area contributed by atoms with Crippen LogP contribution in [0.2, 0.25) is 0 Å². The second-order valence-electron chi connectivity index (χ2n) is 8.01. The van der Waals surface area contributed by atoms with E-state index in [1.807, 2.05) is 4.90 Å². The molecular formula is C20H28N4O5S. The monoisotopic (exact) mass is 436 g/mol. The van der Waals surface area contributed by atoms with Gasteiger partial charge in [0, 0.05) is 44.7 Å². The Labute approximate surface area is 176 Å². The number of hydrogen-bond donors (Lipinski definition) is 2. The number of amides is 2. The van der Waals surface area contributed by atoms with E-state index in [2.05, 4.69) is 14.9 Å². The van der Waals surface area contributed by atoms with Crippen molar-refractivity contribution in [2.24, 2.45) is 0 Å². The molecule has 0 aromatic heterocycles. The van der Waals surface area contributed by atoms with Crippen LogP contribution in [-0.2, 0) is 24.3 Å². The highest BCUT2D eigenvalue weighted by atomic mass is 32.2. The number of sulfonamides is 1. The maximum atomic E-state index is 12.7. The fourth-order valence-electron chi connectivity index (χ4n) is 4.48. The number of rotatable bonds is 6. The third-order valence-electron chi connectivity index (χ3n) is 6.05. The lowest BCUT2D eigenvalue weighted by molar-refractivity contribution is -0.136. The number of benzene rings is 1. The Morgan fingerprint density at radius 1 is 1.20 bits per heavy atom. The number of hydrogen-bond acceptors (Lipinski definition) is 6. The third kappa shape index (κ3) is 4.66. The SMILES string of the molecule is O=C1NCC(CCC(=O)N2CCOCC2)N2CC(NS(=O)(=O)c3ccccc3)CC12. The van der Waals surface area contributed by atoms with Gasteiger partial charge in [0.1, 0.15) is 0 Å². The number of fused-ring (bicyclic) bond motifs is 1. The van der Waals surface area contributed by atoms with Crippen LogP contribution in [0.1, 0.15) is 19.3 Å². The Hall–Kier alpha value is -2.01. The summed E-state index contributed by atoms with van der Waals surface area (Å²) in [7, 11) is -3.64. The molecule has 1 aromatic carbocycles. The van der Waals surface area contributed by atoms with Crippen LogP contribution in [0.25, 0.3) is 0 Å². The molecule has 10 heteroatoms. The third-order valence-corrected chi connectivity index (χ3v) is 7.59. The summed E-state index contributed by atoms with van der Waals surface area (Å²) in [4.78, 5) is 28.9. The summed E-state index contributed by atoms with van der Waals surface area (Å²) >= 11 is 0. The van der Waals surface area contributed by atoms with Crippen molar-refractivity contribution >= 4 is 21.8 Å². The van der Waals surface area contributed by atoms with Crippen molar-refractivity contribution < 1.29 is 22.7 Å². The van der Waals surface area contributed by atoms with Gasteiger partial charge in [-0.15, -0.1) is 0 Å². The maximum absolute atomic E-state index is 12.7. The first-order valence-corrected chi connectivity index (χ1v) is 11.9. The van der Waals surface area contributed by atoms with Gasteiger partial charge in [0.2, 0.25) is 21.8 Å². The number of ether oxygens (including phenoxy) is 1. The number of carbonyl (C=O) groups excluding carboxylic acids is 2. The number of morpholine rings is 1. The van der Waals surface area contributed by atoms with E-state index < -0.39 is 10.0 Å². The quantitative estimate of drug-likeness (QED) is 0.625. The highest BCUT2D eigenvalue weighted by Crippen LogP contribution is 2.27. The summed E-state index contributed by atoms with van der Waals surface area (Å²) in [5.74, 6) is 0.0273. The van der Waals surface area contributed by atoms with Gasteiger partial charge in [0.05, 0.1) is 24.2 Å². The van der Waals surface area contributed by atoms with Crippen LogP contribution >= 0.6 is 0 Å². The Morgan fingerprint density at radius 3 is 2.67 bits per heavy atom. The molecule has 2 N–H and O–H groups in total. The van der Waals surface area contributed by atoms with Crippen molar-refractivity contribution in [1.82, 2.24) is 19.8 Å². The van der Waals surface area contributed by atoms with Crippen LogP contribution in [0, 0.1) is 0 Å². The molecule has 30 heavy (non-hydrogen) atoms. The van der Waals surface area contributed by atoms with Gasteiger partial charge in [-0.1, -0.05) is 18.2 Å². The zero-order valence-electron chi connectivity index (χ0n) is 16.8. The van der Waals surface area contributed by atoms with Crippen molar-refractivity contribution in [3.63, 3.8) is 0 Å². The molecule has 0 saturated carbocycles. The average molecular weight is 437 g/mol. The van der Waals surface area contributed by atoms with Crippen LogP contribution in [0.15, 0.2) is 35.2 Å². The molecule has 0 spiro atoms. The first-order valence-electron chi connectivity index (χ1n) is 10.4. The summed E-state index contributed by atoms with van der Waals surface area (Å²) in [6.07, 6.45) is 1.46. The first-order chi connectivity index (χ1) is 14.4. The van der Waals surface area contributed by atoms with E-state index in [1.165, 1.54) is 0 Å². The molecule has 3 saturated heterocycles. The lowest BCUT2D eigenvalue weighted by atomic mass is 10.0. The highest BCUT2D eigenvalue weighted by molar-refractivity contribution is 7.89. The minimum Gasteiger partial charge on any atom is -0.378 e. The number of piperazine rings is 1. The fraction of sp³-hybridized carbons (Fsp3) is 0.600. The zero-order valence-corrected chi connectivity index (χ0v) is 17.6. The van der Waals surface area contributed by atoms with Gasteiger partial charge in [-0.05, 0) is 25.0 Å². The lowest BCUT2D eigenvalue weighted by Gasteiger charge is -2.37. The summed E-state index contributed by atoms with van der Waals surface area (Å²) in [5.41, 5.74) is 0. The van der Waals surface area contributed by atoms with Gasteiger partial charge in [0.15, 0.2) is 0 Å². The highest BCUT2D eigenvalue weighted by Gasteiger charge is 2.44. The van der Waals surface area contributed by atoms with E-state index in [0.717, 1.165) is 0 Å². The first kappa shape index (κ1) is 21.2. The molecule has 0 aliphatic carbocycles. The molecular weight excluding hydrogens is 408 g/mol. The maximum Gasteiger partial charge on any atom is 0.240 e. The predicted molar refractivity (Wildman–Crippen MR) is 109 cm³/mol. The Morgan fingerprint density at radius 2 is 1.93 bits per heavy atom. The van der Waals surface area contributed by atoms with E-state index in [4.69, 9.17) is 4.74 Å². The lowest BCUT2D eigenvalue weighted by Crippen LogP contribution is -2.58. The predicted octanol–water partition coefficient (Wildman–Crippen LogP) is -0.455. The molecule has 9 nitrogen and oxygen atoms in total. The number of nitrogens with one attached hydrogen (secondary N) is 2. The molecule has 2 amide bonds. The molecule has 164 valence electrons. The van der Waals surface area contributed by atoms with E-state index in [0.29, 0.717) is 58.7 Å². The molecule has 3 aliphatic heterocycles. The molecule has 3 aliphatic rings. The standard InChI is InChI=1S/C20H28N4O5S/c25-19(23-8-10-29-11-9-23)7-6-16-13-21-20(26)18-12-15(14-24(16)18)22-30(27,28)17-4-2-1-3-5-17/h1-5,15-16,18,22H,6-14H2,(H,21,26). The van der Waals surface area contributed by atoms with Crippen LogP contribution in [0.3, 0.4) is 0 Å². The van der Waals surface area contributed by atoms with Gasteiger partial charge < -0.3 is 15.0 Å². The second kappa shape index (κ2) is 9.01. The van der Waals surface area contributed by atoms with Crippen molar-refractivity contribution in [3.8, 4) is 0 Å². The van der Waals surface area contributed by atoms with Crippen LogP contribution < -0.4 is 10.0 Å². The molecule has 0 radical (unpaired) electrons. The van der Waals surface area contributed by atoms with E-state index >= 15 is 0 Å². The minimum atomic E-state index is -3.64. The zero-order chi connectivity index (χ0) is 21.1. The molecule has 3 fully saturated rings.